The minimum Gasteiger partial charge on any atom is -0.480 e. The molecule has 4 nitrogen and oxygen atoms in total. The molecule has 1 aromatic carbocycles. The van der Waals surface area contributed by atoms with E-state index in [0.717, 1.165) is 0 Å². The molecule has 0 bridgehead atoms. The van der Waals surface area contributed by atoms with E-state index in [4.69, 9.17) is 5.11 Å². The Labute approximate surface area is 102 Å². The molecule has 17 heavy (non-hydrogen) atoms. The van der Waals surface area contributed by atoms with Crippen molar-refractivity contribution in [3.05, 3.63) is 35.9 Å². The van der Waals surface area contributed by atoms with E-state index in [-0.39, 0.29) is 5.91 Å². The van der Waals surface area contributed by atoms with Gasteiger partial charge in [-0.2, -0.15) is 0 Å². The molecule has 94 valence electrons. The van der Waals surface area contributed by atoms with Gasteiger partial charge in [-0.1, -0.05) is 39.0 Å². The molecule has 0 saturated carbocycles. The lowest BCUT2D eigenvalue weighted by molar-refractivity contribution is -0.139. The second-order valence-corrected chi connectivity index (χ2v) is 3.14. The number of carboxylic acids is 1. The van der Waals surface area contributed by atoms with Crippen molar-refractivity contribution in [2.75, 3.05) is 0 Å². The molecule has 0 fully saturated rings. The van der Waals surface area contributed by atoms with Gasteiger partial charge >= 0.3 is 5.97 Å². The van der Waals surface area contributed by atoms with E-state index in [9.17, 15) is 9.59 Å². The number of carbonyl (C=O) groups is 2. The van der Waals surface area contributed by atoms with Crippen molar-refractivity contribution < 1.29 is 14.7 Å². The van der Waals surface area contributed by atoms with Gasteiger partial charge in [0.1, 0.15) is 6.04 Å². The average molecular weight is 237 g/mol. The lowest BCUT2D eigenvalue weighted by Crippen LogP contribution is -2.40. The zero-order chi connectivity index (χ0) is 13.3. The van der Waals surface area contributed by atoms with Gasteiger partial charge in [0.05, 0.1) is 0 Å². The molecule has 1 aromatic rings. The maximum Gasteiger partial charge on any atom is 0.326 e. The maximum absolute atomic E-state index is 11.5. The van der Waals surface area contributed by atoms with Crippen LogP contribution >= 0.6 is 0 Å². The van der Waals surface area contributed by atoms with Gasteiger partial charge in [-0.3, -0.25) is 4.79 Å². The summed E-state index contributed by atoms with van der Waals surface area (Å²) in [5.74, 6) is -1.37. The zero-order valence-electron chi connectivity index (χ0n) is 10.4. The Morgan fingerprint density at radius 1 is 1.24 bits per heavy atom. The highest BCUT2D eigenvalue weighted by Gasteiger charge is 2.17. The Kier molecular flexibility index (Phi) is 7.43. The number of hydrogen-bond donors (Lipinski definition) is 2. The standard InChI is InChI=1S/C11H13NO3.C2H6/c1-2-9(11(14)15)12-10(13)8-6-4-3-5-7-8;1-2/h3-7,9H,2H2,1H3,(H,12,13)(H,14,15);1-2H3. The van der Waals surface area contributed by atoms with Crippen LogP contribution in [0.2, 0.25) is 0 Å². The number of carboxylic acid groups (broad SMARTS) is 1. The summed E-state index contributed by atoms with van der Waals surface area (Å²) in [5.41, 5.74) is 0.470. The van der Waals surface area contributed by atoms with Crippen molar-refractivity contribution in [1.29, 1.82) is 0 Å². The van der Waals surface area contributed by atoms with Crippen LogP contribution in [0.1, 0.15) is 37.6 Å². The van der Waals surface area contributed by atoms with E-state index in [0.29, 0.717) is 12.0 Å². The average Bonchev–Trinajstić information content (AvgIpc) is 2.38. The summed E-state index contributed by atoms with van der Waals surface area (Å²) in [6.07, 6.45) is 0.369. The van der Waals surface area contributed by atoms with Crippen molar-refractivity contribution >= 4 is 11.9 Å². The number of hydrogen-bond acceptors (Lipinski definition) is 2. The molecule has 0 radical (unpaired) electrons. The van der Waals surface area contributed by atoms with E-state index in [1.807, 2.05) is 13.8 Å². The Bertz CT molecular complexity index is 349. The molecule has 0 aliphatic carbocycles. The molecule has 0 aliphatic rings. The minimum absolute atomic E-state index is 0.357. The first-order chi connectivity index (χ1) is 8.15. The molecule has 0 aromatic heterocycles. The van der Waals surface area contributed by atoms with Gasteiger partial charge in [-0.05, 0) is 18.6 Å². The predicted octanol–water partition coefficient (Wildman–Crippen LogP) is 2.31. The lowest BCUT2D eigenvalue weighted by Gasteiger charge is -2.11. The van der Waals surface area contributed by atoms with Crippen LogP contribution in [-0.2, 0) is 4.79 Å². The molecule has 0 aliphatic heterocycles. The van der Waals surface area contributed by atoms with Crippen molar-refractivity contribution in [2.45, 2.75) is 33.2 Å². The van der Waals surface area contributed by atoms with Crippen molar-refractivity contribution in [3.63, 3.8) is 0 Å². The molecule has 4 heteroatoms. The van der Waals surface area contributed by atoms with Crippen LogP contribution in [-0.4, -0.2) is 23.0 Å². The molecule has 0 heterocycles. The number of amides is 1. The molecule has 0 saturated heterocycles. The summed E-state index contributed by atoms with van der Waals surface area (Å²) in [4.78, 5) is 22.2. The van der Waals surface area contributed by atoms with Gasteiger partial charge in [0, 0.05) is 5.56 Å². The third kappa shape index (κ3) is 5.15. The number of nitrogens with one attached hydrogen (secondary N) is 1. The quantitative estimate of drug-likeness (QED) is 0.844. The van der Waals surface area contributed by atoms with Crippen molar-refractivity contribution in [3.8, 4) is 0 Å². The van der Waals surface area contributed by atoms with Gasteiger partial charge in [-0.15, -0.1) is 0 Å². The second-order valence-electron chi connectivity index (χ2n) is 3.14. The summed E-state index contributed by atoms with van der Waals surface area (Å²) in [6, 6.07) is 7.73. The zero-order valence-corrected chi connectivity index (χ0v) is 10.4. The summed E-state index contributed by atoms with van der Waals surface area (Å²) in [5, 5.41) is 11.2. The molecular formula is C13H19NO3. The third-order valence-electron chi connectivity index (χ3n) is 2.05. The Balaban J connectivity index is 0.00000121. The third-order valence-corrected chi connectivity index (χ3v) is 2.05. The highest BCUT2D eigenvalue weighted by molar-refractivity contribution is 5.96. The first kappa shape index (κ1) is 15.2. The van der Waals surface area contributed by atoms with Gasteiger partial charge in [-0.25, -0.2) is 4.79 Å². The van der Waals surface area contributed by atoms with Gasteiger partial charge in [0.25, 0.3) is 5.91 Å². The van der Waals surface area contributed by atoms with Gasteiger partial charge in [0.2, 0.25) is 0 Å². The number of carbonyl (C=O) groups excluding carboxylic acids is 1. The van der Waals surface area contributed by atoms with Crippen LogP contribution in [0, 0.1) is 0 Å². The fourth-order valence-electron chi connectivity index (χ4n) is 1.17. The van der Waals surface area contributed by atoms with Crippen molar-refractivity contribution in [1.82, 2.24) is 5.32 Å². The topological polar surface area (TPSA) is 66.4 Å². The Hall–Kier alpha value is -1.84. The van der Waals surface area contributed by atoms with Crippen molar-refractivity contribution in [2.24, 2.45) is 0 Å². The largest absolute Gasteiger partial charge is 0.480 e. The van der Waals surface area contributed by atoms with E-state index >= 15 is 0 Å². The van der Waals surface area contributed by atoms with Crippen LogP contribution in [0.4, 0.5) is 0 Å². The lowest BCUT2D eigenvalue weighted by atomic mass is 10.2. The highest BCUT2D eigenvalue weighted by atomic mass is 16.4. The first-order valence-electron chi connectivity index (χ1n) is 5.74. The second kappa shape index (κ2) is 8.33. The Morgan fingerprint density at radius 2 is 1.76 bits per heavy atom. The first-order valence-corrected chi connectivity index (χ1v) is 5.74. The van der Waals surface area contributed by atoms with Crippen LogP contribution in [0.15, 0.2) is 30.3 Å². The number of benzene rings is 1. The van der Waals surface area contributed by atoms with Crippen LogP contribution in [0.5, 0.6) is 0 Å². The van der Waals surface area contributed by atoms with Crippen LogP contribution in [0.3, 0.4) is 0 Å². The molecule has 1 unspecified atom stereocenters. The van der Waals surface area contributed by atoms with Gasteiger partial charge < -0.3 is 10.4 Å². The SMILES string of the molecule is CC.CCC(NC(=O)c1ccccc1)C(=O)O. The number of rotatable bonds is 4. The summed E-state index contributed by atoms with van der Waals surface area (Å²) in [7, 11) is 0. The molecule has 1 atom stereocenters. The summed E-state index contributed by atoms with van der Waals surface area (Å²) < 4.78 is 0. The van der Waals surface area contributed by atoms with E-state index < -0.39 is 12.0 Å². The van der Waals surface area contributed by atoms with Gasteiger partial charge in [0.15, 0.2) is 0 Å². The summed E-state index contributed by atoms with van der Waals surface area (Å²) >= 11 is 0. The molecular weight excluding hydrogens is 218 g/mol. The molecule has 0 spiro atoms. The smallest absolute Gasteiger partial charge is 0.326 e. The normalized spacial score (nSPS) is 10.8. The molecule has 2 N–H and O–H groups in total. The highest BCUT2D eigenvalue weighted by Crippen LogP contribution is 2.00. The molecule has 1 rings (SSSR count). The number of aliphatic carboxylic acids is 1. The van der Waals surface area contributed by atoms with Crippen LogP contribution < -0.4 is 5.32 Å². The van der Waals surface area contributed by atoms with E-state index in [1.165, 1.54) is 0 Å². The van der Waals surface area contributed by atoms with E-state index in [1.54, 1.807) is 37.3 Å². The fraction of sp³-hybridized carbons (Fsp3) is 0.385. The minimum atomic E-state index is -1.01. The van der Waals surface area contributed by atoms with E-state index in [2.05, 4.69) is 5.32 Å². The summed E-state index contributed by atoms with van der Waals surface area (Å²) in [6.45, 7) is 5.71. The monoisotopic (exact) mass is 237 g/mol. The Morgan fingerprint density at radius 3 is 2.18 bits per heavy atom. The maximum atomic E-state index is 11.5. The predicted molar refractivity (Wildman–Crippen MR) is 67.0 cm³/mol. The van der Waals surface area contributed by atoms with Crippen LogP contribution in [0.25, 0.3) is 0 Å². The molecule has 1 amide bonds. The fourth-order valence-corrected chi connectivity index (χ4v) is 1.17.